The maximum absolute atomic E-state index is 13.4. The molecule has 0 bridgehead atoms. The molecule has 1 aliphatic rings. The summed E-state index contributed by atoms with van der Waals surface area (Å²) < 4.78 is 19.1. The fourth-order valence-electron chi connectivity index (χ4n) is 4.43. The predicted octanol–water partition coefficient (Wildman–Crippen LogP) is 3.29. The highest BCUT2D eigenvalue weighted by molar-refractivity contribution is 5.76. The molecule has 3 N–H and O–H groups in total. The van der Waals surface area contributed by atoms with Crippen LogP contribution in [0.2, 0.25) is 0 Å². The number of unbranched alkanes of at least 4 members (excludes halogenated alkanes) is 1. The van der Waals surface area contributed by atoms with Crippen LogP contribution in [-0.2, 0) is 17.6 Å². The van der Waals surface area contributed by atoms with Crippen molar-refractivity contribution >= 4 is 17.7 Å². The minimum Gasteiger partial charge on any atom is -0.491 e. The molecule has 4 heterocycles. The largest absolute Gasteiger partial charge is 0.491 e. The molecule has 0 saturated heterocycles. The molecule has 0 aliphatic carbocycles. The van der Waals surface area contributed by atoms with Gasteiger partial charge in [-0.25, -0.2) is 24.1 Å². The number of ether oxygens (including phenoxy) is 1. The summed E-state index contributed by atoms with van der Waals surface area (Å²) in [5, 5.41) is 24.9. The van der Waals surface area contributed by atoms with Gasteiger partial charge >= 0.3 is 5.97 Å². The van der Waals surface area contributed by atoms with Crippen molar-refractivity contribution in [2.75, 3.05) is 43.4 Å². The van der Waals surface area contributed by atoms with Crippen LogP contribution in [0.5, 0.6) is 5.75 Å². The second-order valence-electron chi connectivity index (χ2n) is 9.56. The number of carboxylic acids is 1. The summed E-state index contributed by atoms with van der Waals surface area (Å²) >= 11 is 0. The lowest BCUT2D eigenvalue weighted by Gasteiger charge is -2.24. The predicted molar refractivity (Wildman–Crippen MR) is 147 cm³/mol. The number of aromatic nitrogens is 4. The van der Waals surface area contributed by atoms with E-state index < -0.39 is 17.8 Å². The number of halogens is 1. The first-order chi connectivity index (χ1) is 19.5. The number of aryl methyl sites for hydroxylation is 2. The second-order valence-corrected chi connectivity index (χ2v) is 9.56. The van der Waals surface area contributed by atoms with Crippen molar-refractivity contribution in [2.45, 2.75) is 44.6 Å². The molecular weight excluding hydrogens is 515 g/mol. The lowest BCUT2D eigenvalue weighted by molar-refractivity contribution is -0.138. The van der Waals surface area contributed by atoms with Gasteiger partial charge in [-0.05, 0) is 56.7 Å². The molecule has 4 rings (SSSR count). The fourth-order valence-corrected chi connectivity index (χ4v) is 4.43. The molecule has 0 unspecified atom stereocenters. The van der Waals surface area contributed by atoms with E-state index in [-0.39, 0.29) is 12.4 Å². The van der Waals surface area contributed by atoms with Crippen molar-refractivity contribution < 1.29 is 19.0 Å². The Labute approximate surface area is 232 Å². The minimum absolute atomic E-state index is 0.145. The molecule has 1 aliphatic heterocycles. The summed E-state index contributed by atoms with van der Waals surface area (Å²) in [5.41, 5.74) is 2.61. The minimum atomic E-state index is -1.03. The number of rotatable bonds is 15. The van der Waals surface area contributed by atoms with Crippen LogP contribution in [0.4, 0.5) is 16.2 Å². The van der Waals surface area contributed by atoms with Gasteiger partial charge in [0.05, 0.1) is 30.4 Å². The van der Waals surface area contributed by atoms with E-state index in [4.69, 9.17) is 15.0 Å². The number of nitriles is 1. The fraction of sp³-hybridized carbons (Fsp3) is 0.429. The van der Waals surface area contributed by atoms with Crippen LogP contribution in [-0.4, -0.2) is 74.7 Å². The number of pyridine rings is 2. The maximum atomic E-state index is 13.4. The van der Waals surface area contributed by atoms with E-state index in [9.17, 15) is 14.3 Å². The van der Waals surface area contributed by atoms with Gasteiger partial charge in [0.15, 0.2) is 0 Å². The summed E-state index contributed by atoms with van der Waals surface area (Å²) in [6.45, 7) is 2.99. The van der Waals surface area contributed by atoms with Gasteiger partial charge in [0, 0.05) is 31.4 Å². The zero-order valence-corrected chi connectivity index (χ0v) is 22.2. The lowest BCUT2D eigenvalue weighted by Crippen LogP contribution is -2.37. The number of anilines is 2. The van der Waals surface area contributed by atoms with Gasteiger partial charge in [-0.15, -0.1) is 0 Å². The number of hydrogen-bond acceptors (Lipinski definition) is 10. The normalized spacial score (nSPS) is 13.1. The molecule has 0 saturated carbocycles. The third-order valence-electron chi connectivity index (χ3n) is 6.58. The molecule has 3 aromatic heterocycles. The number of nitrogens with one attached hydrogen (secondary N) is 2. The molecule has 0 amide bonds. The molecule has 3 aromatic rings. The molecular formula is C28H33FN8O3. The van der Waals surface area contributed by atoms with Crippen LogP contribution in [0.25, 0.3) is 0 Å². The van der Waals surface area contributed by atoms with Crippen molar-refractivity contribution in [1.82, 2.24) is 24.8 Å². The first-order valence-electron chi connectivity index (χ1n) is 13.4. The highest BCUT2D eigenvalue weighted by Crippen LogP contribution is 2.20. The number of fused-ring (bicyclic) bond motifs is 1. The zero-order valence-electron chi connectivity index (χ0n) is 22.2. The van der Waals surface area contributed by atoms with E-state index in [0.29, 0.717) is 31.0 Å². The molecule has 210 valence electrons. The summed E-state index contributed by atoms with van der Waals surface area (Å²) in [4.78, 5) is 30.7. The van der Waals surface area contributed by atoms with E-state index in [2.05, 4.69) is 42.6 Å². The van der Waals surface area contributed by atoms with E-state index in [1.807, 2.05) is 6.07 Å². The summed E-state index contributed by atoms with van der Waals surface area (Å²) in [6.07, 6.45) is 10.4. The van der Waals surface area contributed by atoms with Gasteiger partial charge in [-0.3, -0.25) is 9.88 Å². The van der Waals surface area contributed by atoms with Crippen molar-refractivity contribution in [3.63, 3.8) is 0 Å². The Morgan fingerprint density at radius 2 is 2.05 bits per heavy atom. The number of carbonyl (C=O) groups is 1. The highest BCUT2D eigenvalue weighted by Gasteiger charge is 2.20. The standard InChI is InChI=1S/C28H33FN8O3/c29-22-14-24(19-31-18-22)40-13-12-37(10-2-1-5-23-7-6-21-4-3-9-32-26(21)35-23)11-8-25(27(38)39)36-28-33-16-20(15-30)17-34-28/h6-7,14,16-19,25H,1-5,8-13H2,(H,32,35)(H,38,39)(H,33,34,36)/t25-/m0/s1. The van der Waals surface area contributed by atoms with Crippen LogP contribution in [0.15, 0.2) is 43.0 Å². The summed E-state index contributed by atoms with van der Waals surface area (Å²) in [6, 6.07) is 6.54. The first kappa shape index (κ1) is 28.6. The average Bonchev–Trinajstić information content (AvgIpc) is 2.97. The molecule has 0 spiro atoms. The van der Waals surface area contributed by atoms with Crippen molar-refractivity contribution in [2.24, 2.45) is 0 Å². The van der Waals surface area contributed by atoms with Crippen LogP contribution < -0.4 is 15.4 Å². The summed E-state index contributed by atoms with van der Waals surface area (Å²) in [7, 11) is 0. The van der Waals surface area contributed by atoms with E-state index >= 15 is 0 Å². The van der Waals surface area contributed by atoms with Crippen molar-refractivity contribution in [3.8, 4) is 11.8 Å². The van der Waals surface area contributed by atoms with Gasteiger partial charge in [-0.1, -0.05) is 6.07 Å². The molecule has 11 nitrogen and oxygen atoms in total. The lowest BCUT2D eigenvalue weighted by atomic mass is 10.1. The van der Waals surface area contributed by atoms with Gasteiger partial charge in [0.2, 0.25) is 5.95 Å². The molecule has 0 fully saturated rings. The molecule has 12 heteroatoms. The molecule has 1 atom stereocenters. The summed E-state index contributed by atoms with van der Waals surface area (Å²) in [5.74, 6) is -0.0161. The zero-order chi connectivity index (χ0) is 28.2. The highest BCUT2D eigenvalue weighted by atomic mass is 19.1. The number of aliphatic carboxylic acids is 1. The Kier molecular flexibility index (Phi) is 10.5. The SMILES string of the molecule is N#Cc1cnc(N[C@@H](CCN(CCCCc2ccc3c(n2)NCCC3)CCOc2cncc(F)c2)C(=O)O)nc1. The number of carboxylic acid groups (broad SMARTS) is 1. The monoisotopic (exact) mass is 548 g/mol. The van der Waals surface area contributed by atoms with Crippen LogP contribution >= 0.6 is 0 Å². The van der Waals surface area contributed by atoms with Gasteiger partial charge in [0.25, 0.3) is 0 Å². The average molecular weight is 549 g/mol. The van der Waals surface area contributed by atoms with E-state index in [1.54, 1.807) is 0 Å². The van der Waals surface area contributed by atoms with Gasteiger partial charge in [0.1, 0.15) is 36.1 Å². The van der Waals surface area contributed by atoms with Gasteiger partial charge in [-0.2, -0.15) is 5.26 Å². The number of hydrogen-bond donors (Lipinski definition) is 3. The van der Waals surface area contributed by atoms with Crippen LogP contribution in [0, 0.1) is 17.1 Å². The van der Waals surface area contributed by atoms with Crippen molar-refractivity contribution in [3.05, 3.63) is 65.6 Å². The van der Waals surface area contributed by atoms with Crippen LogP contribution in [0.1, 0.15) is 42.5 Å². The Hall–Kier alpha value is -4.37. The molecule has 40 heavy (non-hydrogen) atoms. The topological polar surface area (TPSA) is 149 Å². The van der Waals surface area contributed by atoms with E-state index in [1.165, 1.54) is 30.2 Å². The Bertz CT molecular complexity index is 1300. The Morgan fingerprint density at radius 1 is 1.20 bits per heavy atom. The van der Waals surface area contributed by atoms with E-state index in [0.717, 1.165) is 62.9 Å². The van der Waals surface area contributed by atoms with Crippen molar-refractivity contribution in [1.29, 1.82) is 5.26 Å². The van der Waals surface area contributed by atoms with Gasteiger partial charge < -0.3 is 20.5 Å². The Balaban J connectivity index is 1.31. The first-order valence-corrected chi connectivity index (χ1v) is 13.4. The quantitative estimate of drug-likeness (QED) is 0.240. The second kappa shape index (κ2) is 14.7. The molecule has 0 radical (unpaired) electrons. The Morgan fingerprint density at radius 3 is 2.83 bits per heavy atom. The molecule has 0 aromatic carbocycles. The maximum Gasteiger partial charge on any atom is 0.326 e. The van der Waals surface area contributed by atoms with Crippen LogP contribution in [0.3, 0.4) is 0 Å². The third-order valence-corrected chi connectivity index (χ3v) is 6.58. The third kappa shape index (κ3) is 8.84. The number of nitrogens with zero attached hydrogens (tertiary/aromatic N) is 6. The smallest absolute Gasteiger partial charge is 0.326 e.